The molecule has 1 unspecified atom stereocenters. The Bertz CT molecular complexity index is 491. The van der Waals surface area contributed by atoms with E-state index in [9.17, 15) is 4.79 Å². The molecular weight excluding hydrogens is 266 g/mol. The van der Waals surface area contributed by atoms with E-state index >= 15 is 0 Å². The normalized spacial score (nSPS) is 22.7. The van der Waals surface area contributed by atoms with Crippen molar-refractivity contribution < 1.29 is 9.21 Å². The second-order valence-corrected chi connectivity index (χ2v) is 6.25. The average molecular weight is 291 g/mol. The Kier molecular flexibility index (Phi) is 4.31. The lowest BCUT2D eigenvalue weighted by molar-refractivity contribution is -0.137. The molecule has 1 saturated heterocycles. The van der Waals surface area contributed by atoms with Crippen LogP contribution in [0.2, 0.25) is 0 Å². The Morgan fingerprint density at radius 3 is 2.76 bits per heavy atom. The highest BCUT2D eigenvalue weighted by Crippen LogP contribution is 2.21. The third-order valence-electron chi connectivity index (χ3n) is 4.79. The number of piperazine rings is 1. The quantitative estimate of drug-likeness (QED) is 0.820. The van der Waals surface area contributed by atoms with Crippen LogP contribution in [0.3, 0.4) is 0 Å². The maximum Gasteiger partial charge on any atom is 0.239 e. The van der Waals surface area contributed by atoms with Crippen molar-refractivity contribution in [2.45, 2.75) is 32.4 Å². The third-order valence-corrected chi connectivity index (χ3v) is 4.79. The van der Waals surface area contributed by atoms with E-state index in [1.807, 2.05) is 11.0 Å². The monoisotopic (exact) mass is 291 g/mol. The van der Waals surface area contributed by atoms with E-state index in [2.05, 4.69) is 23.8 Å². The van der Waals surface area contributed by atoms with Gasteiger partial charge in [-0.3, -0.25) is 9.69 Å². The van der Waals surface area contributed by atoms with Gasteiger partial charge in [-0.25, -0.2) is 0 Å². The zero-order valence-electron chi connectivity index (χ0n) is 13.0. The molecule has 0 radical (unpaired) electrons. The second-order valence-electron chi connectivity index (χ2n) is 6.25. The van der Waals surface area contributed by atoms with Crippen molar-refractivity contribution in [2.24, 2.45) is 0 Å². The molecular formula is C16H25N3O2. The number of nitrogens with zero attached hydrogens (tertiary/aromatic N) is 3. The highest BCUT2D eigenvalue weighted by Gasteiger charge is 2.29. The first kappa shape index (κ1) is 14.6. The first-order chi connectivity index (χ1) is 10.1. The summed E-state index contributed by atoms with van der Waals surface area (Å²) in [7, 11) is 2.14. The van der Waals surface area contributed by atoms with Crippen LogP contribution in [0.1, 0.15) is 24.7 Å². The Hall–Kier alpha value is -1.33. The van der Waals surface area contributed by atoms with Crippen molar-refractivity contribution in [3.8, 4) is 0 Å². The fraction of sp³-hybridized carbons (Fsp3) is 0.688. The smallest absolute Gasteiger partial charge is 0.239 e. The molecule has 2 aliphatic rings. The highest BCUT2D eigenvalue weighted by molar-refractivity contribution is 5.81. The van der Waals surface area contributed by atoms with Gasteiger partial charge in [0.1, 0.15) is 5.76 Å². The van der Waals surface area contributed by atoms with Crippen LogP contribution in [-0.2, 0) is 17.8 Å². The first-order valence-electron chi connectivity index (χ1n) is 7.92. The van der Waals surface area contributed by atoms with Crippen molar-refractivity contribution in [3.05, 3.63) is 23.7 Å². The van der Waals surface area contributed by atoms with Gasteiger partial charge in [-0.2, -0.15) is 0 Å². The molecule has 0 saturated carbocycles. The van der Waals surface area contributed by atoms with Crippen LogP contribution in [0.5, 0.6) is 0 Å². The third kappa shape index (κ3) is 3.14. The minimum atomic E-state index is -0.0212. The Balaban J connectivity index is 1.64. The molecule has 2 aliphatic heterocycles. The van der Waals surface area contributed by atoms with Gasteiger partial charge in [0.25, 0.3) is 0 Å². The molecule has 0 aliphatic carbocycles. The van der Waals surface area contributed by atoms with Crippen molar-refractivity contribution in [3.63, 3.8) is 0 Å². The lowest BCUT2D eigenvalue weighted by Crippen LogP contribution is -2.53. The average Bonchev–Trinajstić information content (AvgIpc) is 2.83. The number of rotatable bonds is 2. The standard InChI is InChI=1S/C16H25N3O2/c1-13(18-9-7-17(2)8-10-18)16(20)19-6-3-4-15-14(12-19)5-11-21-15/h5,11,13H,3-4,6-10,12H2,1-2H3. The van der Waals surface area contributed by atoms with E-state index in [1.54, 1.807) is 6.26 Å². The van der Waals surface area contributed by atoms with Gasteiger partial charge in [0.05, 0.1) is 12.3 Å². The van der Waals surface area contributed by atoms with Crippen LogP contribution >= 0.6 is 0 Å². The Morgan fingerprint density at radius 1 is 1.24 bits per heavy atom. The fourth-order valence-electron chi connectivity index (χ4n) is 3.26. The predicted molar refractivity (Wildman–Crippen MR) is 81.0 cm³/mol. The first-order valence-corrected chi connectivity index (χ1v) is 7.92. The lowest BCUT2D eigenvalue weighted by Gasteiger charge is -2.37. The summed E-state index contributed by atoms with van der Waals surface area (Å²) in [5.74, 6) is 1.31. The van der Waals surface area contributed by atoms with Crippen molar-refractivity contribution in [1.29, 1.82) is 0 Å². The minimum Gasteiger partial charge on any atom is -0.469 e. The molecule has 3 heterocycles. The molecule has 1 fully saturated rings. The molecule has 3 rings (SSSR count). The van der Waals surface area contributed by atoms with Crippen LogP contribution in [-0.4, -0.2) is 66.4 Å². The van der Waals surface area contributed by atoms with E-state index in [4.69, 9.17) is 4.42 Å². The summed E-state index contributed by atoms with van der Waals surface area (Å²) in [5, 5.41) is 0. The molecule has 1 aromatic rings. The number of hydrogen-bond donors (Lipinski definition) is 0. The zero-order chi connectivity index (χ0) is 14.8. The summed E-state index contributed by atoms with van der Waals surface area (Å²) < 4.78 is 5.50. The molecule has 21 heavy (non-hydrogen) atoms. The summed E-state index contributed by atoms with van der Waals surface area (Å²) in [5.41, 5.74) is 1.17. The van der Waals surface area contributed by atoms with Crippen LogP contribution < -0.4 is 0 Å². The SMILES string of the molecule is CC(C(=O)N1CCCc2occc2C1)N1CCN(C)CC1. The summed E-state index contributed by atoms with van der Waals surface area (Å²) in [6, 6.07) is 1.98. The molecule has 0 spiro atoms. The van der Waals surface area contributed by atoms with Crippen LogP contribution in [0.15, 0.2) is 16.7 Å². The molecule has 0 N–H and O–H groups in total. The van der Waals surface area contributed by atoms with Crippen molar-refractivity contribution in [2.75, 3.05) is 39.8 Å². The van der Waals surface area contributed by atoms with Gasteiger partial charge in [0, 0.05) is 51.3 Å². The highest BCUT2D eigenvalue weighted by atomic mass is 16.3. The number of carbonyl (C=O) groups is 1. The summed E-state index contributed by atoms with van der Waals surface area (Å²) in [6.45, 7) is 7.63. The molecule has 1 aromatic heterocycles. The molecule has 1 atom stereocenters. The molecule has 116 valence electrons. The van der Waals surface area contributed by atoms with Crippen LogP contribution in [0.25, 0.3) is 0 Å². The van der Waals surface area contributed by atoms with Crippen LogP contribution in [0.4, 0.5) is 0 Å². The summed E-state index contributed by atoms with van der Waals surface area (Å²) in [6.07, 6.45) is 3.67. The Morgan fingerprint density at radius 2 is 2.00 bits per heavy atom. The number of fused-ring (bicyclic) bond motifs is 1. The van der Waals surface area contributed by atoms with Gasteiger partial charge in [0.2, 0.25) is 5.91 Å². The maximum atomic E-state index is 12.8. The number of aryl methyl sites for hydroxylation is 1. The van der Waals surface area contributed by atoms with Gasteiger partial charge in [-0.15, -0.1) is 0 Å². The maximum absolute atomic E-state index is 12.8. The van der Waals surface area contributed by atoms with E-state index < -0.39 is 0 Å². The summed E-state index contributed by atoms with van der Waals surface area (Å²) >= 11 is 0. The van der Waals surface area contributed by atoms with Crippen molar-refractivity contribution in [1.82, 2.24) is 14.7 Å². The second kappa shape index (κ2) is 6.20. The zero-order valence-corrected chi connectivity index (χ0v) is 13.0. The van der Waals surface area contributed by atoms with Gasteiger partial charge < -0.3 is 14.2 Å². The molecule has 5 heteroatoms. The van der Waals surface area contributed by atoms with Gasteiger partial charge >= 0.3 is 0 Å². The number of hydrogen-bond acceptors (Lipinski definition) is 4. The van der Waals surface area contributed by atoms with Gasteiger partial charge in [-0.05, 0) is 26.5 Å². The van der Waals surface area contributed by atoms with E-state index in [1.165, 1.54) is 5.56 Å². The predicted octanol–water partition coefficient (Wildman–Crippen LogP) is 1.19. The van der Waals surface area contributed by atoms with Gasteiger partial charge in [-0.1, -0.05) is 0 Å². The Labute approximate surface area is 126 Å². The topological polar surface area (TPSA) is 39.9 Å². The molecule has 0 aromatic carbocycles. The minimum absolute atomic E-state index is 0.0212. The molecule has 1 amide bonds. The van der Waals surface area contributed by atoms with E-state index in [0.29, 0.717) is 6.54 Å². The summed E-state index contributed by atoms with van der Waals surface area (Å²) in [4.78, 5) is 19.4. The number of likely N-dealkylation sites (N-methyl/N-ethyl adjacent to an activating group) is 1. The molecule has 0 bridgehead atoms. The largest absolute Gasteiger partial charge is 0.469 e. The number of amides is 1. The molecule has 5 nitrogen and oxygen atoms in total. The van der Waals surface area contributed by atoms with Gasteiger partial charge in [0.15, 0.2) is 0 Å². The van der Waals surface area contributed by atoms with Crippen LogP contribution in [0, 0.1) is 0 Å². The van der Waals surface area contributed by atoms with E-state index in [-0.39, 0.29) is 11.9 Å². The number of carbonyl (C=O) groups excluding carboxylic acids is 1. The number of furan rings is 1. The fourth-order valence-corrected chi connectivity index (χ4v) is 3.26. The van der Waals surface area contributed by atoms with E-state index in [0.717, 1.165) is 51.3 Å². The van der Waals surface area contributed by atoms with Crippen molar-refractivity contribution >= 4 is 5.91 Å². The lowest BCUT2D eigenvalue weighted by atomic mass is 10.2.